The Morgan fingerprint density at radius 2 is 1.71 bits per heavy atom. The Bertz CT molecular complexity index is 1460. The van der Waals surface area contributed by atoms with E-state index < -0.39 is 17.3 Å². The van der Waals surface area contributed by atoms with E-state index in [0.29, 0.717) is 40.0 Å². The number of amidine groups is 1. The summed E-state index contributed by atoms with van der Waals surface area (Å²) >= 11 is 0. The van der Waals surface area contributed by atoms with Crippen molar-refractivity contribution in [2.45, 2.75) is 12.0 Å². The number of nitrogens with zero attached hydrogens (tertiary/aromatic N) is 3. The summed E-state index contributed by atoms with van der Waals surface area (Å²) in [6, 6.07) is 15.4. The van der Waals surface area contributed by atoms with Gasteiger partial charge in [0.15, 0.2) is 11.6 Å². The maximum atomic E-state index is 15.4. The molecule has 1 atom stereocenters. The Balaban J connectivity index is 1.61. The predicted octanol–water partition coefficient (Wildman–Crippen LogP) is 5.17. The molecule has 2 aliphatic heterocycles. The highest BCUT2D eigenvalue weighted by atomic mass is 19.1. The van der Waals surface area contributed by atoms with Gasteiger partial charge in [-0.2, -0.15) is 4.39 Å². The van der Waals surface area contributed by atoms with Crippen molar-refractivity contribution >= 4 is 6.02 Å². The summed E-state index contributed by atoms with van der Waals surface area (Å²) in [6.45, 7) is 0.279. The van der Waals surface area contributed by atoms with Gasteiger partial charge in [-0.05, 0) is 65.2 Å². The van der Waals surface area contributed by atoms with Gasteiger partial charge in [-0.25, -0.2) is 14.4 Å². The van der Waals surface area contributed by atoms with Crippen molar-refractivity contribution in [1.29, 1.82) is 0 Å². The molecule has 4 aromatic rings. The van der Waals surface area contributed by atoms with E-state index in [4.69, 9.17) is 20.2 Å². The summed E-state index contributed by atoms with van der Waals surface area (Å²) < 4.78 is 41.4. The second kappa shape index (κ2) is 7.62. The summed E-state index contributed by atoms with van der Waals surface area (Å²) in [7, 11) is 0. The Labute approximate surface area is 193 Å². The van der Waals surface area contributed by atoms with E-state index in [1.165, 1.54) is 12.3 Å². The summed E-state index contributed by atoms with van der Waals surface area (Å²) in [5.41, 5.74) is 8.54. The molecule has 0 amide bonds. The maximum Gasteiger partial charge on any atom is 0.283 e. The van der Waals surface area contributed by atoms with Gasteiger partial charge in [0.25, 0.3) is 6.02 Å². The molecule has 34 heavy (non-hydrogen) atoms. The van der Waals surface area contributed by atoms with E-state index >= 15 is 4.39 Å². The Morgan fingerprint density at radius 1 is 0.882 bits per heavy atom. The molecule has 2 aromatic heterocycles. The number of hydrogen-bond donors (Lipinski definition) is 1. The van der Waals surface area contributed by atoms with Crippen LogP contribution in [0, 0.1) is 11.8 Å². The van der Waals surface area contributed by atoms with Crippen molar-refractivity contribution in [3.63, 3.8) is 0 Å². The first-order valence-electron chi connectivity index (χ1n) is 10.7. The van der Waals surface area contributed by atoms with Crippen molar-refractivity contribution in [1.82, 2.24) is 9.97 Å². The zero-order valence-corrected chi connectivity index (χ0v) is 17.8. The monoisotopic (exact) mass is 456 g/mol. The van der Waals surface area contributed by atoms with Crippen LogP contribution in [0.1, 0.15) is 17.5 Å². The Hall–Kier alpha value is -4.33. The van der Waals surface area contributed by atoms with Gasteiger partial charge in [0, 0.05) is 41.7 Å². The molecule has 0 aliphatic carbocycles. The minimum atomic E-state index is -1.07. The molecule has 1 unspecified atom stereocenters. The first-order chi connectivity index (χ1) is 16.5. The highest BCUT2D eigenvalue weighted by molar-refractivity contribution is 5.77. The number of rotatable bonds is 2. The first kappa shape index (κ1) is 20.3. The number of ether oxygens (including phenoxy) is 2. The fourth-order valence-corrected chi connectivity index (χ4v) is 4.65. The number of halogens is 2. The molecule has 2 aliphatic rings. The lowest BCUT2D eigenvalue weighted by molar-refractivity contribution is 0.218. The fourth-order valence-electron chi connectivity index (χ4n) is 4.65. The number of pyridine rings is 2. The van der Waals surface area contributed by atoms with E-state index in [9.17, 15) is 4.39 Å². The number of fused-ring (bicyclic) bond motifs is 4. The summed E-state index contributed by atoms with van der Waals surface area (Å²) in [5, 5.41) is 0. The minimum absolute atomic E-state index is 0.00210. The Kier molecular flexibility index (Phi) is 4.55. The van der Waals surface area contributed by atoms with Crippen molar-refractivity contribution in [3.05, 3.63) is 96.1 Å². The van der Waals surface area contributed by atoms with Crippen LogP contribution >= 0.6 is 0 Å². The molecule has 0 bridgehead atoms. The second-order valence-electron chi connectivity index (χ2n) is 8.13. The Morgan fingerprint density at radius 3 is 2.50 bits per heavy atom. The molecular weight excluding hydrogens is 438 g/mol. The molecule has 1 spiro atoms. The van der Waals surface area contributed by atoms with Gasteiger partial charge >= 0.3 is 0 Å². The molecule has 6 rings (SSSR count). The fraction of sp³-hybridized carbons (Fsp3) is 0.115. The van der Waals surface area contributed by atoms with Crippen LogP contribution in [0.25, 0.3) is 22.3 Å². The average molecular weight is 456 g/mol. The van der Waals surface area contributed by atoms with Crippen LogP contribution in [0.4, 0.5) is 8.78 Å². The van der Waals surface area contributed by atoms with E-state index in [2.05, 4.69) is 9.97 Å². The van der Waals surface area contributed by atoms with Gasteiger partial charge in [0.05, 0.1) is 6.61 Å². The standard InChI is InChI=1S/C26H18F2N4O2/c27-21-14-17(15-5-9-30-10-6-15)13-20-23(21)34-22-4-3-16(18-2-1-8-31-24(18)28)12-19(22)26(20)7-11-33-25(29)32-26/h1-6,8-10,12-14H,7,11H2,(H2,29,32). The molecule has 0 saturated heterocycles. The van der Waals surface area contributed by atoms with Crippen LogP contribution in [0.2, 0.25) is 0 Å². The van der Waals surface area contributed by atoms with E-state index in [1.54, 1.807) is 54.9 Å². The van der Waals surface area contributed by atoms with E-state index in [-0.39, 0.29) is 18.4 Å². The van der Waals surface area contributed by atoms with Gasteiger partial charge in [-0.3, -0.25) is 4.98 Å². The quantitative estimate of drug-likeness (QED) is 0.421. The maximum absolute atomic E-state index is 15.4. The minimum Gasteiger partial charge on any atom is -0.465 e. The molecule has 6 nitrogen and oxygen atoms in total. The van der Waals surface area contributed by atoms with Crippen LogP contribution in [0.15, 0.2) is 78.2 Å². The molecule has 2 N–H and O–H groups in total. The first-order valence-corrected chi connectivity index (χ1v) is 10.7. The molecule has 4 heterocycles. The molecule has 168 valence electrons. The lowest BCUT2D eigenvalue weighted by Crippen LogP contribution is -2.38. The lowest BCUT2D eigenvalue weighted by Gasteiger charge is -2.39. The van der Waals surface area contributed by atoms with Gasteiger partial charge in [-0.1, -0.05) is 6.07 Å². The molecule has 0 fully saturated rings. The number of benzene rings is 2. The third kappa shape index (κ3) is 3.10. The van der Waals surface area contributed by atoms with Crippen molar-refractivity contribution in [2.24, 2.45) is 10.7 Å². The number of aliphatic imine (C=N–C) groups is 1. The smallest absolute Gasteiger partial charge is 0.283 e. The van der Waals surface area contributed by atoms with Crippen LogP contribution in [-0.2, 0) is 10.3 Å². The van der Waals surface area contributed by atoms with Crippen molar-refractivity contribution in [2.75, 3.05) is 6.61 Å². The van der Waals surface area contributed by atoms with Gasteiger partial charge in [-0.15, -0.1) is 0 Å². The van der Waals surface area contributed by atoms with Crippen molar-refractivity contribution < 1.29 is 18.3 Å². The molecule has 2 aromatic carbocycles. The molecular formula is C26H18F2N4O2. The van der Waals surface area contributed by atoms with Crippen LogP contribution in [0.5, 0.6) is 11.5 Å². The summed E-state index contributed by atoms with van der Waals surface area (Å²) in [5.74, 6) is -0.592. The third-order valence-corrected chi connectivity index (χ3v) is 6.22. The second-order valence-corrected chi connectivity index (χ2v) is 8.13. The topological polar surface area (TPSA) is 82.6 Å². The zero-order valence-electron chi connectivity index (χ0n) is 17.8. The highest BCUT2D eigenvalue weighted by Gasteiger charge is 2.46. The molecule has 8 heteroatoms. The SMILES string of the molecule is NC1=NC2(CCO1)c1cc(-c3cccnc3F)ccc1Oc1c(F)cc(-c3ccncc3)cc12. The van der Waals surface area contributed by atoms with Crippen LogP contribution in [-0.4, -0.2) is 22.6 Å². The number of aromatic nitrogens is 2. The summed E-state index contributed by atoms with van der Waals surface area (Å²) in [4.78, 5) is 12.5. The van der Waals surface area contributed by atoms with Crippen molar-refractivity contribution in [3.8, 4) is 33.8 Å². The summed E-state index contributed by atoms with van der Waals surface area (Å²) in [6.07, 6.45) is 5.08. The van der Waals surface area contributed by atoms with Crippen LogP contribution in [0.3, 0.4) is 0 Å². The van der Waals surface area contributed by atoms with Crippen LogP contribution < -0.4 is 10.5 Å². The number of hydrogen-bond acceptors (Lipinski definition) is 6. The lowest BCUT2D eigenvalue weighted by atomic mass is 9.76. The van der Waals surface area contributed by atoms with Gasteiger partial charge in [0.2, 0.25) is 5.95 Å². The zero-order chi connectivity index (χ0) is 23.3. The van der Waals surface area contributed by atoms with E-state index in [1.807, 2.05) is 6.07 Å². The van der Waals surface area contributed by atoms with Gasteiger partial charge in [0.1, 0.15) is 11.3 Å². The predicted molar refractivity (Wildman–Crippen MR) is 122 cm³/mol. The highest BCUT2D eigenvalue weighted by Crippen LogP contribution is 2.54. The van der Waals surface area contributed by atoms with E-state index in [0.717, 1.165) is 5.56 Å². The third-order valence-electron chi connectivity index (χ3n) is 6.22. The molecule has 0 saturated carbocycles. The molecule has 0 radical (unpaired) electrons. The average Bonchev–Trinajstić information content (AvgIpc) is 2.86. The van der Waals surface area contributed by atoms with Gasteiger partial charge < -0.3 is 15.2 Å². The number of nitrogens with two attached hydrogens (primary N) is 1. The normalized spacial score (nSPS) is 18.4. The largest absolute Gasteiger partial charge is 0.465 e.